The molecule has 0 fully saturated rings. The molecule has 0 saturated heterocycles. The zero-order valence-corrected chi connectivity index (χ0v) is 19.8. The Balaban J connectivity index is 1.35. The van der Waals surface area contributed by atoms with Crippen molar-refractivity contribution in [3.05, 3.63) is 125 Å². The first-order chi connectivity index (χ1) is 18.0. The minimum Gasteiger partial charge on any atom is -0.484 e. The van der Waals surface area contributed by atoms with Crippen molar-refractivity contribution in [2.75, 3.05) is 13.2 Å². The molecule has 6 nitrogen and oxygen atoms in total. The summed E-state index contributed by atoms with van der Waals surface area (Å²) in [5.41, 5.74) is 3.39. The maximum atomic E-state index is 13.7. The first-order valence-corrected chi connectivity index (χ1v) is 11.8. The molecule has 1 aliphatic heterocycles. The van der Waals surface area contributed by atoms with Gasteiger partial charge in [-0.1, -0.05) is 30.3 Å². The molecule has 5 rings (SSSR count). The average Bonchev–Trinajstić information content (AvgIpc) is 3.46. The molecule has 4 aromatic rings. The van der Waals surface area contributed by atoms with Crippen LogP contribution in [0.2, 0.25) is 0 Å². The molecule has 8 heteroatoms. The van der Waals surface area contributed by atoms with Gasteiger partial charge in [-0.05, 0) is 77.2 Å². The molecule has 1 aromatic heterocycles. The van der Waals surface area contributed by atoms with E-state index in [0.717, 1.165) is 22.3 Å². The summed E-state index contributed by atoms with van der Waals surface area (Å²) in [6.07, 6.45) is 2.07. The van der Waals surface area contributed by atoms with Crippen molar-refractivity contribution in [1.82, 2.24) is 10.2 Å². The number of furan rings is 1. The molecule has 2 amide bonds. The van der Waals surface area contributed by atoms with E-state index in [2.05, 4.69) is 5.32 Å². The zero-order valence-electron chi connectivity index (χ0n) is 19.8. The van der Waals surface area contributed by atoms with Crippen LogP contribution in [-0.4, -0.2) is 29.9 Å². The van der Waals surface area contributed by atoms with Crippen LogP contribution in [0, 0.1) is 11.6 Å². The molecule has 0 spiro atoms. The van der Waals surface area contributed by atoms with E-state index in [1.165, 1.54) is 30.5 Å². The van der Waals surface area contributed by atoms with Crippen LogP contribution in [0.5, 0.6) is 5.75 Å². The van der Waals surface area contributed by atoms with Gasteiger partial charge in [0, 0.05) is 13.1 Å². The number of hydrogen-bond donors (Lipinski definition) is 1. The second kappa shape index (κ2) is 10.7. The first-order valence-electron chi connectivity index (χ1n) is 11.8. The second-order valence-corrected chi connectivity index (χ2v) is 8.73. The molecular formula is C29H24F2N2O4. The van der Waals surface area contributed by atoms with E-state index in [1.807, 2.05) is 12.1 Å². The minimum atomic E-state index is -0.488. The van der Waals surface area contributed by atoms with Crippen molar-refractivity contribution in [2.24, 2.45) is 0 Å². The SMILES string of the molecule is O=C(COc1ccc2c(c1)[C@H](c1ccc(F)cc1)N(C(=O)c1ccco1)CC2)NCc1ccc(F)cc1. The van der Waals surface area contributed by atoms with Gasteiger partial charge < -0.3 is 19.4 Å². The zero-order chi connectivity index (χ0) is 25.8. The standard InChI is InChI=1S/C29H24F2N2O4/c30-22-8-3-19(4-9-22)17-32-27(34)18-37-24-12-7-20-13-14-33(29(35)26-2-1-15-36-26)28(25(20)16-24)21-5-10-23(31)11-6-21/h1-12,15-16,28H,13-14,17-18H2,(H,32,34)/t28-/m0/s1. The molecule has 2 heterocycles. The third kappa shape index (κ3) is 5.53. The van der Waals surface area contributed by atoms with Crippen LogP contribution in [-0.2, 0) is 17.8 Å². The van der Waals surface area contributed by atoms with Crippen molar-refractivity contribution in [1.29, 1.82) is 0 Å². The van der Waals surface area contributed by atoms with Gasteiger partial charge in [0.15, 0.2) is 12.4 Å². The van der Waals surface area contributed by atoms with E-state index >= 15 is 0 Å². The molecular weight excluding hydrogens is 478 g/mol. The van der Waals surface area contributed by atoms with Crippen molar-refractivity contribution >= 4 is 11.8 Å². The predicted molar refractivity (Wildman–Crippen MR) is 132 cm³/mol. The largest absolute Gasteiger partial charge is 0.484 e. The fourth-order valence-corrected chi connectivity index (χ4v) is 4.45. The number of amides is 2. The molecule has 0 radical (unpaired) electrons. The summed E-state index contributed by atoms with van der Waals surface area (Å²) in [6.45, 7) is 0.500. The van der Waals surface area contributed by atoms with E-state index in [9.17, 15) is 18.4 Å². The topological polar surface area (TPSA) is 71.8 Å². The number of nitrogens with zero attached hydrogens (tertiary/aromatic N) is 1. The number of carbonyl (C=O) groups is 2. The minimum absolute atomic E-state index is 0.212. The highest BCUT2D eigenvalue weighted by molar-refractivity contribution is 5.92. The van der Waals surface area contributed by atoms with Crippen LogP contribution >= 0.6 is 0 Å². The number of halogens is 2. The van der Waals surface area contributed by atoms with E-state index in [-0.39, 0.29) is 42.4 Å². The smallest absolute Gasteiger partial charge is 0.290 e. The quantitative estimate of drug-likeness (QED) is 0.384. The summed E-state index contributed by atoms with van der Waals surface area (Å²) in [4.78, 5) is 27.3. The highest BCUT2D eigenvalue weighted by Gasteiger charge is 2.34. The first kappa shape index (κ1) is 24.2. The number of fused-ring (bicyclic) bond motifs is 1. The highest BCUT2D eigenvalue weighted by Crippen LogP contribution is 2.38. The van der Waals surface area contributed by atoms with E-state index in [4.69, 9.17) is 9.15 Å². The van der Waals surface area contributed by atoms with E-state index in [0.29, 0.717) is 18.7 Å². The lowest BCUT2D eigenvalue weighted by Gasteiger charge is -2.37. The van der Waals surface area contributed by atoms with E-state index < -0.39 is 6.04 Å². The number of hydrogen-bond acceptors (Lipinski definition) is 4. The van der Waals surface area contributed by atoms with Gasteiger partial charge in [-0.2, -0.15) is 0 Å². The normalized spacial score (nSPS) is 14.6. The molecule has 1 atom stereocenters. The number of benzene rings is 3. The van der Waals surface area contributed by atoms with Crippen LogP contribution in [0.3, 0.4) is 0 Å². The van der Waals surface area contributed by atoms with Crippen molar-refractivity contribution in [3.63, 3.8) is 0 Å². The Morgan fingerprint density at radius 2 is 1.70 bits per heavy atom. The summed E-state index contributed by atoms with van der Waals surface area (Å²) in [5.74, 6) is -0.610. The third-order valence-electron chi connectivity index (χ3n) is 6.30. The molecule has 0 bridgehead atoms. The van der Waals surface area contributed by atoms with Crippen LogP contribution in [0.25, 0.3) is 0 Å². The molecule has 1 N–H and O–H groups in total. The number of carbonyl (C=O) groups excluding carboxylic acids is 2. The average molecular weight is 503 g/mol. The Morgan fingerprint density at radius 1 is 0.973 bits per heavy atom. The molecule has 1 aliphatic rings. The molecule has 3 aromatic carbocycles. The van der Waals surface area contributed by atoms with Crippen LogP contribution in [0.4, 0.5) is 8.78 Å². The van der Waals surface area contributed by atoms with Gasteiger partial charge in [0.2, 0.25) is 0 Å². The van der Waals surface area contributed by atoms with Gasteiger partial charge in [0.25, 0.3) is 11.8 Å². The van der Waals surface area contributed by atoms with Gasteiger partial charge in [-0.25, -0.2) is 8.78 Å². The maximum Gasteiger partial charge on any atom is 0.290 e. The Kier molecular flexibility index (Phi) is 6.98. The van der Waals surface area contributed by atoms with E-state index in [1.54, 1.807) is 47.4 Å². The summed E-state index contributed by atoms with van der Waals surface area (Å²) >= 11 is 0. The van der Waals surface area contributed by atoms with Gasteiger partial charge in [0.05, 0.1) is 12.3 Å². The molecule has 0 unspecified atom stereocenters. The summed E-state index contributed by atoms with van der Waals surface area (Å²) in [6, 6.07) is 20.2. The van der Waals surface area contributed by atoms with Gasteiger partial charge in [-0.15, -0.1) is 0 Å². The molecule has 0 aliphatic carbocycles. The monoisotopic (exact) mass is 502 g/mol. The lowest BCUT2D eigenvalue weighted by molar-refractivity contribution is -0.123. The second-order valence-electron chi connectivity index (χ2n) is 8.73. The predicted octanol–water partition coefficient (Wildman–Crippen LogP) is 5.04. The maximum absolute atomic E-state index is 13.7. The number of ether oxygens (including phenoxy) is 1. The third-order valence-corrected chi connectivity index (χ3v) is 6.30. The van der Waals surface area contributed by atoms with Crippen LogP contribution in [0.15, 0.2) is 89.5 Å². The lowest BCUT2D eigenvalue weighted by atomic mass is 9.87. The van der Waals surface area contributed by atoms with Gasteiger partial charge >= 0.3 is 0 Å². The summed E-state index contributed by atoms with van der Waals surface area (Å²) in [5, 5.41) is 2.74. The van der Waals surface area contributed by atoms with Crippen LogP contribution < -0.4 is 10.1 Å². The summed E-state index contributed by atoms with van der Waals surface area (Å²) in [7, 11) is 0. The van der Waals surface area contributed by atoms with Gasteiger partial charge in [-0.3, -0.25) is 9.59 Å². The van der Waals surface area contributed by atoms with Gasteiger partial charge in [0.1, 0.15) is 17.4 Å². The Labute approximate surface area is 212 Å². The van der Waals surface area contributed by atoms with Crippen molar-refractivity contribution in [2.45, 2.75) is 19.0 Å². The molecule has 0 saturated carbocycles. The highest BCUT2D eigenvalue weighted by atomic mass is 19.1. The Morgan fingerprint density at radius 3 is 2.41 bits per heavy atom. The van der Waals surface area contributed by atoms with Crippen molar-refractivity contribution in [3.8, 4) is 5.75 Å². The van der Waals surface area contributed by atoms with Crippen LogP contribution in [0.1, 0.15) is 38.9 Å². The number of rotatable bonds is 7. The lowest BCUT2D eigenvalue weighted by Crippen LogP contribution is -2.40. The Hall–Kier alpha value is -4.46. The molecule has 188 valence electrons. The fourth-order valence-electron chi connectivity index (χ4n) is 4.45. The Bertz CT molecular complexity index is 1390. The van der Waals surface area contributed by atoms with Crippen molar-refractivity contribution < 1.29 is 27.5 Å². The fraction of sp³-hybridized carbons (Fsp3) is 0.172. The number of nitrogens with one attached hydrogen (secondary N) is 1. The summed E-state index contributed by atoms with van der Waals surface area (Å²) < 4.78 is 37.9. The molecule has 37 heavy (non-hydrogen) atoms.